The number of carbonyl (C=O) groups is 1. The average molecular weight is 362 g/mol. The van der Waals surface area contributed by atoms with Gasteiger partial charge in [0.15, 0.2) is 5.16 Å². The summed E-state index contributed by atoms with van der Waals surface area (Å²) in [4.78, 5) is 21.2. The molecular formula is C18H20ClN3OS. The molecule has 1 aliphatic rings. The molecule has 6 heteroatoms. The van der Waals surface area contributed by atoms with Crippen LogP contribution in [-0.2, 0) is 11.2 Å². The molecule has 1 fully saturated rings. The second-order valence-electron chi connectivity index (χ2n) is 5.89. The van der Waals surface area contributed by atoms with Crippen molar-refractivity contribution >= 4 is 35.0 Å². The third-order valence-corrected chi connectivity index (χ3v) is 5.63. The van der Waals surface area contributed by atoms with Crippen LogP contribution >= 0.6 is 23.4 Å². The molecule has 2 aromatic rings. The highest BCUT2D eigenvalue weighted by molar-refractivity contribution is 8.00. The molecule has 1 aromatic carbocycles. The summed E-state index contributed by atoms with van der Waals surface area (Å²) in [6.07, 6.45) is 4.39. The minimum Gasteiger partial charge on any atom is -0.383 e. The van der Waals surface area contributed by atoms with E-state index in [1.165, 1.54) is 11.8 Å². The molecule has 1 aromatic heterocycles. The fourth-order valence-corrected chi connectivity index (χ4v) is 4.17. The number of nitrogens with two attached hydrogens (primary N) is 1. The minimum absolute atomic E-state index is 0.0377. The van der Waals surface area contributed by atoms with Crippen molar-refractivity contribution in [3.63, 3.8) is 0 Å². The molecule has 1 heterocycles. The zero-order valence-electron chi connectivity index (χ0n) is 13.6. The fraction of sp³-hybridized carbons (Fsp3) is 0.389. The molecule has 0 radical (unpaired) electrons. The predicted octanol–water partition coefficient (Wildman–Crippen LogP) is 4.55. The highest BCUT2D eigenvalue weighted by Gasteiger charge is 2.25. The first kappa shape index (κ1) is 17.2. The van der Waals surface area contributed by atoms with Gasteiger partial charge in [0.05, 0.1) is 10.9 Å². The van der Waals surface area contributed by atoms with E-state index in [9.17, 15) is 4.79 Å². The lowest BCUT2D eigenvalue weighted by molar-refractivity contribution is -0.119. The molecule has 0 saturated heterocycles. The van der Waals surface area contributed by atoms with E-state index >= 15 is 0 Å². The van der Waals surface area contributed by atoms with Crippen molar-refractivity contribution in [3.8, 4) is 11.1 Å². The molecule has 0 bridgehead atoms. The number of hydrogen-bond donors (Lipinski definition) is 1. The van der Waals surface area contributed by atoms with Gasteiger partial charge in [0.1, 0.15) is 11.6 Å². The summed E-state index contributed by atoms with van der Waals surface area (Å²) < 4.78 is 0. The lowest BCUT2D eigenvalue weighted by Crippen LogP contribution is -2.21. The van der Waals surface area contributed by atoms with Gasteiger partial charge in [0.25, 0.3) is 0 Å². The van der Waals surface area contributed by atoms with Gasteiger partial charge in [0, 0.05) is 17.0 Å². The maximum Gasteiger partial charge on any atom is 0.190 e. The Balaban J connectivity index is 1.92. The zero-order valence-corrected chi connectivity index (χ0v) is 15.2. The number of aryl methyl sites for hydroxylation is 1. The number of benzene rings is 1. The van der Waals surface area contributed by atoms with Gasteiger partial charge in [0.2, 0.25) is 0 Å². The Labute approximate surface area is 151 Å². The molecular weight excluding hydrogens is 342 g/mol. The Morgan fingerprint density at radius 3 is 2.67 bits per heavy atom. The number of ketones is 1. The van der Waals surface area contributed by atoms with Crippen LogP contribution in [0.1, 0.15) is 38.3 Å². The van der Waals surface area contributed by atoms with Crippen LogP contribution in [0.25, 0.3) is 11.1 Å². The largest absolute Gasteiger partial charge is 0.383 e. The van der Waals surface area contributed by atoms with Gasteiger partial charge in [-0.05, 0) is 37.0 Å². The number of Topliss-reactive ketones (excluding diaryl/α,β-unsaturated/α-hetero) is 1. The number of hydrogen-bond acceptors (Lipinski definition) is 5. The van der Waals surface area contributed by atoms with Crippen molar-refractivity contribution in [3.05, 3.63) is 35.0 Å². The van der Waals surface area contributed by atoms with Crippen LogP contribution in [0.3, 0.4) is 0 Å². The molecule has 1 unspecified atom stereocenters. The summed E-state index contributed by atoms with van der Waals surface area (Å²) in [6, 6.07) is 7.51. The van der Waals surface area contributed by atoms with Crippen molar-refractivity contribution in [1.82, 2.24) is 9.97 Å². The molecule has 24 heavy (non-hydrogen) atoms. The number of nitrogen functional groups attached to an aromatic ring is 1. The van der Waals surface area contributed by atoms with Crippen molar-refractivity contribution in [2.75, 3.05) is 5.73 Å². The second kappa shape index (κ2) is 7.53. The Bertz CT molecular complexity index is 749. The van der Waals surface area contributed by atoms with E-state index in [-0.39, 0.29) is 5.25 Å². The molecule has 0 aliphatic heterocycles. The summed E-state index contributed by atoms with van der Waals surface area (Å²) in [7, 11) is 0. The number of halogens is 1. The van der Waals surface area contributed by atoms with Crippen molar-refractivity contribution in [2.45, 2.75) is 49.4 Å². The molecule has 1 aliphatic carbocycles. The van der Waals surface area contributed by atoms with Crippen molar-refractivity contribution in [1.29, 1.82) is 0 Å². The number of carbonyl (C=O) groups excluding carboxylic acids is 1. The predicted molar refractivity (Wildman–Crippen MR) is 99.4 cm³/mol. The van der Waals surface area contributed by atoms with Crippen molar-refractivity contribution < 1.29 is 4.79 Å². The van der Waals surface area contributed by atoms with Crippen LogP contribution in [0.5, 0.6) is 0 Å². The zero-order chi connectivity index (χ0) is 17.1. The van der Waals surface area contributed by atoms with Gasteiger partial charge < -0.3 is 5.73 Å². The lowest BCUT2D eigenvalue weighted by Gasteiger charge is -2.20. The highest BCUT2D eigenvalue weighted by Crippen LogP contribution is 2.34. The first-order chi connectivity index (χ1) is 11.6. The molecule has 3 rings (SSSR count). The standard InChI is InChI=1S/C18H20ClN3OS/c1-2-13-16(11-7-9-12(19)10-8-11)17(20)22-18(21-13)24-15-6-4-3-5-14(15)23/h7-10,15H,2-6H2,1H3,(H2,20,21,22). The average Bonchev–Trinajstić information content (AvgIpc) is 2.57. The molecule has 1 saturated carbocycles. The summed E-state index contributed by atoms with van der Waals surface area (Å²) in [5.41, 5.74) is 8.94. The maximum absolute atomic E-state index is 12.0. The van der Waals surface area contributed by atoms with E-state index in [0.717, 1.165) is 42.5 Å². The van der Waals surface area contributed by atoms with Crippen LogP contribution in [0.4, 0.5) is 5.82 Å². The SMILES string of the molecule is CCc1nc(SC2CCCCC2=O)nc(N)c1-c1ccc(Cl)cc1. The first-order valence-electron chi connectivity index (χ1n) is 8.20. The summed E-state index contributed by atoms with van der Waals surface area (Å²) in [5, 5.41) is 1.24. The number of rotatable bonds is 4. The van der Waals surface area contributed by atoms with Gasteiger partial charge >= 0.3 is 0 Å². The monoisotopic (exact) mass is 361 g/mol. The van der Waals surface area contributed by atoms with Gasteiger partial charge in [-0.1, -0.05) is 48.8 Å². The quantitative estimate of drug-likeness (QED) is 0.809. The number of thioether (sulfide) groups is 1. The van der Waals surface area contributed by atoms with Gasteiger partial charge in [-0.25, -0.2) is 9.97 Å². The van der Waals surface area contributed by atoms with Gasteiger partial charge in [-0.3, -0.25) is 4.79 Å². The van der Waals surface area contributed by atoms with Gasteiger partial charge in [-0.15, -0.1) is 0 Å². The summed E-state index contributed by atoms with van der Waals surface area (Å²) in [5.74, 6) is 0.753. The summed E-state index contributed by atoms with van der Waals surface area (Å²) >= 11 is 7.41. The molecule has 2 N–H and O–H groups in total. The number of anilines is 1. The lowest BCUT2D eigenvalue weighted by atomic mass is 9.99. The van der Waals surface area contributed by atoms with Crippen LogP contribution in [0, 0.1) is 0 Å². The van der Waals surface area contributed by atoms with Crippen LogP contribution in [0.15, 0.2) is 29.4 Å². The Hall–Kier alpha value is -1.59. The molecule has 4 nitrogen and oxygen atoms in total. The Kier molecular flexibility index (Phi) is 5.41. The topological polar surface area (TPSA) is 68.9 Å². The minimum atomic E-state index is -0.0377. The van der Waals surface area contributed by atoms with E-state index < -0.39 is 0 Å². The third kappa shape index (κ3) is 3.73. The van der Waals surface area contributed by atoms with Crippen LogP contribution in [-0.4, -0.2) is 21.0 Å². The highest BCUT2D eigenvalue weighted by atomic mass is 35.5. The molecule has 0 amide bonds. The first-order valence-corrected chi connectivity index (χ1v) is 9.46. The van der Waals surface area contributed by atoms with Crippen LogP contribution in [0.2, 0.25) is 5.02 Å². The second-order valence-corrected chi connectivity index (χ2v) is 7.50. The van der Waals surface area contributed by atoms with Crippen molar-refractivity contribution in [2.24, 2.45) is 0 Å². The molecule has 1 atom stereocenters. The Morgan fingerprint density at radius 1 is 1.25 bits per heavy atom. The van der Waals surface area contributed by atoms with Gasteiger partial charge in [-0.2, -0.15) is 0 Å². The Morgan fingerprint density at radius 2 is 2.00 bits per heavy atom. The summed E-state index contributed by atoms with van der Waals surface area (Å²) in [6.45, 7) is 2.04. The van der Waals surface area contributed by atoms with E-state index in [0.29, 0.717) is 28.2 Å². The molecule has 0 spiro atoms. The van der Waals surface area contributed by atoms with E-state index in [2.05, 4.69) is 9.97 Å². The van der Waals surface area contributed by atoms with E-state index in [4.69, 9.17) is 17.3 Å². The van der Waals surface area contributed by atoms with Crippen LogP contribution < -0.4 is 5.73 Å². The smallest absolute Gasteiger partial charge is 0.190 e. The number of nitrogens with zero attached hydrogens (tertiary/aromatic N) is 2. The maximum atomic E-state index is 12.0. The normalized spacial score (nSPS) is 17.9. The molecule has 126 valence electrons. The fourth-order valence-electron chi connectivity index (χ4n) is 2.95. The number of aromatic nitrogens is 2. The third-order valence-electron chi connectivity index (χ3n) is 4.21. The van der Waals surface area contributed by atoms with E-state index in [1.54, 1.807) is 0 Å². The van der Waals surface area contributed by atoms with E-state index in [1.807, 2.05) is 31.2 Å².